The van der Waals surface area contributed by atoms with E-state index in [2.05, 4.69) is 15.5 Å². The predicted molar refractivity (Wildman–Crippen MR) is 112 cm³/mol. The summed E-state index contributed by atoms with van der Waals surface area (Å²) in [6.07, 6.45) is 6.20. The number of nitrogens with one attached hydrogen (secondary N) is 1. The molecule has 5 rings (SSSR count). The van der Waals surface area contributed by atoms with Crippen LogP contribution in [0, 0.1) is 5.92 Å². The zero-order valence-electron chi connectivity index (χ0n) is 16.6. The van der Waals surface area contributed by atoms with E-state index in [4.69, 9.17) is 9.47 Å². The van der Waals surface area contributed by atoms with E-state index >= 15 is 0 Å². The second-order valence-corrected chi connectivity index (χ2v) is 9.01. The molecule has 1 aromatic carbocycles. The van der Waals surface area contributed by atoms with Crippen molar-refractivity contribution in [2.75, 3.05) is 30.0 Å². The maximum absolute atomic E-state index is 12.8. The second kappa shape index (κ2) is 8.22. The number of hydrogen-bond acceptors (Lipinski definition) is 7. The van der Waals surface area contributed by atoms with Gasteiger partial charge in [0.15, 0.2) is 11.5 Å². The van der Waals surface area contributed by atoms with Crippen LogP contribution in [0.2, 0.25) is 0 Å². The molecule has 9 heteroatoms. The van der Waals surface area contributed by atoms with Crippen LogP contribution in [0.1, 0.15) is 49.5 Å². The molecule has 0 spiro atoms. The first-order chi connectivity index (χ1) is 14.7. The minimum absolute atomic E-state index is 0.0769. The molecule has 1 aliphatic carbocycles. The highest BCUT2D eigenvalue weighted by molar-refractivity contribution is 7.15. The standard InChI is InChI=1S/C21H24N4O4S/c26-18-10-14(12-25(18)15-6-7-16-17(11-15)29-9-8-28-16)19(27)22-21-24-23-20(30-21)13-4-2-1-3-5-13/h6-7,11,13-14H,1-5,8-10,12H2,(H,22,24,27)/t14-/m0/s1. The Balaban J connectivity index is 1.23. The Labute approximate surface area is 178 Å². The summed E-state index contributed by atoms with van der Waals surface area (Å²) < 4.78 is 11.1. The topological polar surface area (TPSA) is 93.7 Å². The molecule has 30 heavy (non-hydrogen) atoms. The Morgan fingerprint density at radius 1 is 1.10 bits per heavy atom. The molecule has 0 unspecified atom stereocenters. The van der Waals surface area contributed by atoms with Gasteiger partial charge >= 0.3 is 0 Å². The number of nitrogens with zero attached hydrogens (tertiary/aromatic N) is 3. The minimum Gasteiger partial charge on any atom is -0.486 e. The number of fused-ring (bicyclic) bond motifs is 1. The van der Waals surface area contributed by atoms with E-state index in [1.54, 1.807) is 17.0 Å². The largest absolute Gasteiger partial charge is 0.486 e. The fraction of sp³-hybridized carbons (Fsp3) is 0.524. The lowest BCUT2D eigenvalue weighted by atomic mass is 9.90. The average molecular weight is 429 g/mol. The molecule has 0 radical (unpaired) electrons. The number of amides is 2. The van der Waals surface area contributed by atoms with E-state index in [1.807, 2.05) is 6.07 Å². The van der Waals surface area contributed by atoms with Crippen LogP contribution < -0.4 is 19.7 Å². The lowest BCUT2D eigenvalue weighted by Crippen LogP contribution is -2.28. The summed E-state index contributed by atoms with van der Waals surface area (Å²) in [5, 5.41) is 12.8. The summed E-state index contributed by atoms with van der Waals surface area (Å²) in [5.74, 6) is 1.08. The Morgan fingerprint density at radius 2 is 1.90 bits per heavy atom. The molecule has 1 atom stereocenters. The summed E-state index contributed by atoms with van der Waals surface area (Å²) in [7, 11) is 0. The Kier molecular flexibility index (Phi) is 5.28. The molecule has 2 aliphatic heterocycles. The van der Waals surface area contributed by atoms with Gasteiger partial charge in [-0.25, -0.2) is 0 Å². The van der Waals surface area contributed by atoms with Crippen molar-refractivity contribution in [3.05, 3.63) is 23.2 Å². The molecule has 2 amide bonds. The highest BCUT2D eigenvalue weighted by Gasteiger charge is 2.36. The smallest absolute Gasteiger partial charge is 0.231 e. The van der Waals surface area contributed by atoms with Crippen molar-refractivity contribution < 1.29 is 19.1 Å². The third kappa shape index (κ3) is 3.86. The van der Waals surface area contributed by atoms with E-state index in [0.29, 0.717) is 42.3 Å². The van der Waals surface area contributed by atoms with Gasteiger partial charge in [-0.1, -0.05) is 30.6 Å². The normalized spacial score (nSPS) is 21.7. The van der Waals surface area contributed by atoms with Gasteiger partial charge in [0.1, 0.15) is 18.2 Å². The summed E-state index contributed by atoms with van der Waals surface area (Å²) in [6.45, 7) is 1.34. The van der Waals surface area contributed by atoms with Crippen LogP contribution in [0.3, 0.4) is 0 Å². The van der Waals surface area contributed by atoms with Crippen LogP contribution in [-0.4, -0.2) is 41.8 Å². The van der Waals surface area contributed by atoms with Crippen molar-refractivity contribution >= 4 is 34.0 Å². The fourth-order valence-corrected chi connectivity index (χ4v) is 5.26. The SMILES string of the molecule is O=C(Nc1nnc(C2CCCCC2)s1)[C@H]1CC(=O)N(c2ccc3c(c2)OCCO3)C1. The van der Waals surface area contributed by atoms with Crippen LogP contribution in [0.4, 0.5) is 10.8 Å². The number of hydrogen-bond donors (Lipinski definition) is 1. The number of carbonyl (C=O) groups excluding carboxylic acids is 2. The van der Waals surface area contributed by atoms with Crippen LogP contribution in [-0.2, 0) is 9.59 Å². The molecule has 158 valence electrons. The van der Waals surface area contributed by atoms with Crippen LogP contribution >= 0.6 is 11.3 Å². The third-order valence-electron chi connectivity index (χ3n) is 5.96. The van der Waals surface area contributed by atoms with Crippen molar-refractivity contribution in [2.45, 2.75) is 44.4 Å². The van der Waals surface area contributed by atoms with Gasteiger partial charge in [-0.15, -0.1) is 10.2 Å². The molecule has 1 saturated carbocycles. The fourth-order valence-electron chi connectivity index (χ4n) is 4.34. The minimum atomic E-state index is -0.423. The molecule has 2 aromatic rings. The van der Waals surface area contributed by atoms with Crippen LogP contribution in [0.15, 0.2) is 18.2 Å². The van der Waals surface area contributed by atoms with Gasteiger partial charge in [0.25, 0.3) is 0 Å². The Morgan fingerprint density at radius 3 is 2.73 bits per heavy atom. The van der Waals surface area contributed by atoms with Crippen molar-refractivity contribution in [3.63, 3.8) is 0 Å². The number of anilines is 2. The molecule has 3 aliphatic rings. The molecule has 1 aromatic heterocycles. The summed E-state index contributed by atoms with van der Waals surface area (Å²) >= 11 is 1.46. The van der Waals surface area contributed by atoms with Gasteiger partial charge < -0.3 is 19.7 Å². The number of rotatable bonds is 4. The molecule has 3 heterocycles. The lowest BCUT2D eigenvalue weighted by Gasteiger charge is -2.22. The van der Waals surface area contributed by atoms with E-state index in [9.17, 15) is 9.59 Å². The van der Waals surface area contributed by atoms with Crippen molar-refractivity contribution in [3.8, 4) is 11.5 Å². The zero-order chi connectivity index (χ0) is 20.5. The van der Waals surface area contributed by atoms with Gasteiger partial charge in [-0.05, 0) is 25.0 Å². The molecular formula is C21H24N4O4S. The average Bonchev–Trinajstić information content (AvgIpc) is 3.41. The van der Waals surface area contributed by atoms with Gasteiger partial charge in [0.05, 0.1) is 5.92 Å². The Hall–Kier alpha value is -2.68. The maximum atomic E-state index is 12.8. The number of ether oxygens (including phenoxy) is 2. The third-order valence-corrected chi connectivity index (χ3v) is 6.96. The number of benzene rings is 1. The van der Waals surface area contributed by atoms with E-state index < -0.39 is 5.92 Å². The molecule has 0 bridgehead atoms. The molecule has 1 saturated heterocycles. The van der Waals surface area contributed by atoms with Gasteiger partial charge in [-0.3, -0.25) is 9.59 Å². The number of aromatic nitrogens is 2. The van der Waals surface area contributed by atoms with Gasteiger partial charge in [0, 0.05) is 30.6 Å². The first-order valence-corrected chi connectivity index (χ1v) is 11.3. The van der Waals surface area contributed by atoms with Crippen LogP contribution in [0.5, 0.6) is 11.5 Å². The highest BCUT2D eigenvalue weighted by atomic mass is 32.1. The highest BCUT2D eigenvalue weighted by Crippen LogP contribution is 2.37. The first-order valence-electron chi connectivity index (χ1n) is 10.5. The molecule has 1 N–H and O–H groups in total. The van der Waals surface area contributed by atoms with Gasteiger partial charge in [-0.2, -0.15) is 0 Å². The summed E-state index contributed by atoms with van der Waals surface area (Å²) in [4.78, 5) is 27.0. The van der Waals surface area contributed by atoms with Gasteiger partial charge in [0.2, 0.25) is 16.9 Å². The quantitative estimate of drug-likeness (QED) is 0.803. The Bertz CT molecular complexity index is 956. The van der Waals surface area contributed by atoms with E-state index in [1.165, 1.54) is 30.6 Å². The molecule has 8 nitrogen and oxygen atoms in total. The predicted octanol–water partition coefficient (Wildman–Crippen LogP) is 3.35. The lowest BCUT2D eigenvalue weighted by molar-refractivity contribution is -0.122. The van der Waals surface area contributed by atoms with Crippen molar-refractivity contribution in [1.29, 1.82) is 0 Å². The summed E-state index contributed by atoms with van der Waals surface area (Å²) in [6, 6.07) is 5.43. The monoisotopic (exact) mass is 428 g/mol. The van der Waals surface area contributed by atoms with E-state index in [-0.39, 0.29) is 18.2 Å². The zero-order valence-corrected chi connectivity index (χ0v) is 17.5. The second-order valence-electron chi connectivity index (χ2n) is 8.00. The maximum Gasteiger partial charge on any atom is 0.231 e. The molecular weight excluding hydrogens is 404 g/mol. The van der Waals surface area contributed by atoms with E-state index in [0.717, 1.165) is 23.5 Å². The first kappa shape index (κ1) is 19.3. The molecule has 2 fully saturated rings. The van der Waals surface area contributed by atoms with Crippen molar-refractivity contribution in [1.82, 2.24) is 10.2 Å². The van der Waals surface area contributed by atoms with Crippen molar-refractivity contribution in [2.24, 2.45) is 5.92 Å². The summed E-state index contributed by atoms with van der Waals surface area (Å²) in [5.41, 5.74) is 0.718. The van der Waals surface area contributed by atoms with Crippen LogP contribution in [0.25, 0.3) is 0 Å². The number of carbonyl (C=O) groups is 2.